The molecular weight excluding hydrogens is 243 g/mol. The topological polar surface area (TPSA) is 32.3 Å². The van der Waals surface area contributed by atoms with Crippen molar-refractivity contribution in [3.63, 3.8) is 0 Å². The number of benzene rings is 1. The first-order valence-corrected chi connectivity index (χ1v) is 5.05. The Bertz CT molecular complexity index is 421. The molecule has 0 radical (unpaired) electrons. The van der Waals surface area contributed by atoms with Crippen LogP contribution in [0.5, 0.6) is 0 Å². The van der Waals surface area contributed by atoms with Crippen molar-refractivity contribution in [1.82, 2.24) is 0 Å². The molecule has 2 N–H and O–H groups in total. The second-order valence-electron chi connectivity index (χ2n) is 3.72. The number of nitrogens with one attached hydrogen (secondary N) is 1. The van der Waals surface area contributed by atoms with Crippen molar-refractivity contribution >= 4 is 17.3 Å². The van der Waals surface area contributed by atoms with E-state index in [1.807, 2.05) is 0 Å². The molecule has 0 aromatic heterocycles. The molecule has 0 amide bonds. The summed E-state index contributed by atoms with van der Waals surface area (Å²) >= 11 is 5.65. The first-order chi connectivity index (χ1) is 7.34. The molecule has 1 aromatic rings. The molecule has 0 saturated carbocycles. The van der Waals surface area contributed by atoms with Gasteiger partial charge in [-0.05, 0) is 18.2 Å². The van der Waals surface area contributed by atoms with E-state index in [-0.39, 0.29) is 22.8 Å². The Balaban J connectivity index is 2.59. The van der Waals surface area contributed by atoms with Crippen molar-refractivity contribution < 1.29 is 18.3 Å². The van der Waals surface area contributed by atoms with Gasteiger partial charge in [0.05, 0.1) is 0 Å². The highest BCUT2D eigenvalue weighted by molar-refractivity contribution is 6.30. The Morgan fingerprint density at radius 1 is 1.38 bits per heavy atom. The maximum Gasteiger partial charge on any atom is 0.421 e. The molecule has 1 aliphatic heterocycles. The predicted molar refractivity (Wildman–Crippen MR) is 54.5 cm³/mol. The predicted octanol–water partition coefficient (Wildman–Crippen LogP) is 2.91. The van der Waals surface area contributed by atoms with Crippen LogP contribution in [0.15, 0.2) is 18.2 Å². The van der Waals surface area contributed by atoms with E-state index in [4.69, 9.17) is 11.6 Å². The summed E-state index contributed by atoms with van der Waals surface area (Å²) in [5, 5.41) is 12.7. The van der Waals surface area contributed by atoms with Gasteiger partial charge in [-0.3, -0.25) is 0 Å². The fourth-order valence-electron chi connectivity index (χ4n) is 1.82. The largest absolute Gasteiger partial charge is 0.421 e. The summed E-state index contributed by atoms with van der Waals surface area (Å²) in [4.78, 5) is 0. The summed E-state index contributed by atoms with van der Waals surface area (Å²) in [6.07, 6.45) is -5.11. The third kappa shape index (κ3) is 1.64. The molecule has 0 bridgehead atoms. The van der Waals surface area contributed by atoms with Crippen molar-refractivity contribution in [2.75, 3.05) is 11.9 Å². The van der Waals surface area contributed by atoms with Crippen LogP contribution in [0.4, 0.5) is 18.9 Å². The van der Waals surface area contributed by atoms with E-state index in [0.29, 0.717) is 0 Å². The number of hydrogen-bond donors (Lipinski definition) is 2. The van der Waals surface area contributed by atoms with E-state index >= 15 is 0 Å². The summed E-state index contributed by atoms with van der Waals surface area (Å²) < 4.78 is 38.4. The molecular formula is C10H9ClF3NO. The molecule has 0 aliphatic carbocycles. The molecule has 88 valence electrons. The third-order valence-corrected chi connectivity index (χ3v) is 2.93. The minimum absolute atomic E-state index is 0.0740. The monoisotopic (exact) mass is 251 g/mol. The fourth-order valence-corrected chi connectivity index (χ4v) is 1.99. The lowest BCUT2D eigenvalue weighted by Crippen LogP contribution is -2.46. The lowest BCUT2D eigenvalue weighted by Gasteiger charge is -2.36. The normalized spacial score (nSPS) is 24.8. The van der Waals surface area contributed by atoms with Gasteiger partial charge in [0.2, 0.25) is 0 Å². The highest BCUT2D eigenvalue weighted by atomic mass is 35.5. The number of rotatable bonds is 0. The Labute approximate surface area is 95.0 Å². The number of fused-ring (bicyclic) bond motifs is 1. The maximum atomic E-state index is 12.8. The van der Waals surface area contributed by atoms with Gasteiger partial charge < -0.3 is 10.4 Å². The molecule has 1 atom stereocenters. The molecule has 1 aromatic carbocycles. The minimum Gasteiger partial charge on any atom is -0.385 e. The van der Waals surface area contributed by atoms with Crippen LogP contribution in [0.1, 0.15) is 12.0 Å². The molecule has 1 unspecified atom stereocenters. The molecule has 2 nitrogen and oxygen atoms in total. The molecule has 2 rings (SSSR count). The Morgan fingerprint density at radius 3 is 2.69 bits per heavy atom. The third-order valence-electron chi connectivity index (χ3n) is 2.70. The number of aliphatic hydroxyl groups is 1. The second-order valence-corrected chi connectivity index (χ2v) is 4.16. The minimum atomic E-state index is -4.70. The molecule has 0 fully saturated rings. The van der Waals surface area contributed by atoms with Gasteiger partial charge in [-0.15, -0.1) is 0 Å². The van der Waals surface area contributed by atoms with Gasteiger partial charge in [-0.25, -0.2) is 0 Å². The summed E-state index contributed by atoms with van der Waals surface area (Å²) in [5.41, 5.74) is -2.74. The van der Waals surface area contributed by atoms with Gasteiger partial charge in [-0.1, -0.05) is 11.6 Å². The summed E-state index contributed by atoms with van der Waals surface area (Å²) in [6.45, 7) is 0.0740. The van der Waals surface area contributed by atoms with E-state index in [1.165, 1.54) is 12.1 Å². The summed E-state index contributed by atoms with van der Waals surface area (Å²) in [7, 11) is 0. The van der Waals surface area contributed by atoms with Crippen LogP contribution < -0.4 is 5.32 Å². The van der Waals surface area contributed by atoms with Gasteiger partial charge >= 0.3 is 6.18 Å². The van der Waals surface area contributed by atoms with Crippen molar-refractivity contribution in [3.05, 3.63) is 28.8 Å². The Kier molecular flexibility index (Phi) is 2.55. The zero-order chi connectivity index (χ0) is 12.0. The van der Waals surface area contributed by atoms with Gasteiger partial charge in [0.15, 0.2) is 5.60 Å². The highest BCUT2D eigenvalue weighted by Crippen LogP contribution is 2.46. The van der Waals surface area contributed by atoms with Crippen LogP contribution in [0, 0.1) is 0 Å². The number of alkyl halides is 3. The van der Waals surface area contributed by atoms with Gasteiger partial charge in [-0.2, -0.15) is 13.2 Å². The van der Waals surface area contributed by atoms with E-state index in [9.17, 15) is 18.3 Å². The van der Waals surface area contributed by atoms with Gasteiger partial charge in [0.1, 0.15) is 0 Å². The quantitative estimate of drug-likeness (QED) is 0.743. The van der Waals surface area contributed by atoms with E-state index < -0.39 is 18.2 Å². The smallest absolute Gasteiger partial charge is 0.385 e. The van der Waals surface area contributed by atoms with Crippen molar-refractivity contribution in [2.24, 2.45) is 0 Å². The van der Waals surface area contributed by atoms with E-state index in [2.05, 4.69) is 5.32 Å². The molecule has 6 heteroatoms. The second kappa shape index (κ2) is 3.53. The molecule has 0 spiro atoms. The molecule has 0 saturated heterocycles. The summed E-state index contributed by atoms with van der Waals surface area (Å²) in [5.74, 6) is 0. The van der Waals surface area contributed by atoms with Gasteiger partial charge in [0.25, 0.3) is 0 Å². The first kappa shape index (κ1) is 11.5. The molecule has 1 heterocycles. The number of hydrogen-bond acceptors (Lipinski definition) is 2. The zero-order valence-corrected chi connectivity index (χ0v) is 8.86. The summed E-state index contributed by atoms with van der Waals surface area (Å²) in [6, 6.07) is 4.07. The molecule has 16 heavy (non-hydrogen) atoms. The van der Waals surface area contributed by atoms with Crippen LogP contribution in [0.25, 0.3) is 0 Å². The van der Waals surface area contributed by atoms with E-state index in [1.54, 1.807) is 0 Å². The lowest BCUT2D eigenvalue weighted by molar-refractivity contribution is -0.268. The highest BCUT2D eigenvalue weighted by Gasteiger charge is 2.56. The standard InChI is InChI=1S/C10H9ClF3NO/c11-6-1-2-8-7(5-6)9(16,3-4-15-8)10(12,13)14/h1-2,5,15-16H,3-4H2. The average Bonchev–Trinajstić information content (AvgIpc) is 2.18. The zero-order valence-electron chi connectivity index (χ0n) is 8.11. The Morgan fingerprint density at radius 2 is 2.06 bits per heavy atom. The maximum absolute atomic E-state index is 12.8. The van der Waals surface area contributed by atoms with Crippen LogP contribution in [-0.2, 0) is 5.60 Å². The van der Waals surface area contributed by atoms with Crippen molar-refractivity contribution in [2.45, 2.75) is 18.2 Å². The van der Waals surface area contributed by atoms with Crippen molar-refractivity contribution in [1.29, 1.82) is 0 Å². The van der Waals surface area contributed by atoms with Crippen LogP contribution in [0.2, 0.25) is 5.02 Å². The number of halogens is 4. The van der Waals surface area contributed by atoms with Crippen LogP contribution >= 0.6 is 11.6 Å². The molecule has 1 aliphatic rings. The van der Waals surface area contributed by atoms with E-state index in [0.717, 1.165) is 6.07 Å². The lowest BCUT2D eigenvalue weighted by atomic mass is 9.85. The van der Waals surface area contributed by atoms with Gasteiger partial charge in [0, 0.05) is 29.2 Å². The van der Waals surface area contributed by atoms with Crippen LogP contribution in [0.3, 0.4) is 0 Å². The van der Waals surface area contributed by atoms with Crippen molar-refractivity contribution in [3.8, 4) is 0 Å². The number of anilines is 1. The average molecular weight is 252 g/mol. The van der Waals surface area contributed by atoms with Crippen LogP contribution in [-0.4, -0.2) is 17.8 Å². The SMILES string of the molecule is OC1(C(F)(F)F)CCNc2ccc(Cl)cc21. The first-order valence-electron chi connectivity index (χ1n) is 4.67. The Hall–Kier alpha value is -0.940. The fraction of sp³-hybridized carbons (Fsp3) is 0.400.